The maximum atomic E-state index is 13.6. The summed E-state index contributed by atoms with van der Waals surface area (Å²) in [7, 11) is 0. The zero-order chi connectivity index (χ0) is 16.5. The summed E-state index contributed by atoms with van der Waals surface area (Å²) in [5, 5.41) is 13.5. The lowest BCUT2D eigenvalue weighted by Crippen LogP contribution is -1.99. The van der Waals surface area contributed by atoms with Gasteiger partial charge in [0.15, 0.2) is 0 Å². The van der Waals surface area contributed by atoms with Crippen molar-refractivity contribution in [2.24, 2.45) is 0 Å². The molecule has 0 aliphatic carbocycles. The molecule has 9 heteroatoms. The third kappa shape index (κ3) is 2.87. The monoisotopic (exact) mass is 402 g/mol. The fraction of sp³-hybridized carbons (Fsp3) is 0. The summed E-state index contributed by atoms with van der Waals surface area (Å²) in [6.07, 6.45) is 1.44. The molecule has 0 radical (unpaired) electrons. The lowest BCUT2D eigenvalue weighted by atomic mass is 10.2. The molecule has 0 aliphatic rings. The third-order valence-electron chi connectivity index (χ3n) is 3.26. The Morgan fingerprint density at radius 1 is 1.04 bits per heavy atom. The normalized spacial score (nSPS) is 11.1. The maximum absolute atomic E-state index is 13.6. The molecule has 24 heavy (non-hydrogen) atoms. The Labute approximate surface area is 148 Å². The number of hydrogen-bond acceptors (Lipinski definition) is 6. The Bertz CT molecular complexity index is 1020. The Balaban J connectivity index is 1.76. The molecular weight excluding hydrogens is 395 g/mol. The van der Waals surface area contributed by atoms with E-state index in [9.17, 15) is 4.39 Å². The number of hydrogen-bond donors (Lipinski definition) is 0. The average Bonchev–Trinajstić information content (AvgIpc) is 3.04. The van der Waals surface area contributed by atoms with E-state index in [4.69, 9.17) is 0 Å². The van der Waals surface area contributed by atoms with Crippen LogP contribution in [0.25, 0.3) is 16.6 Å². The Morgan fingerprint density at radius 2 is 1.88 bits per heavy atom. The van der Waals surface area contributed by atoms with Crippen LogP contribution >= 0.6 is 27.7 Å². The molecule has 4 aromatic rings. The molecule has 118 valence electrons. The van der Waals surface area contributed by atoms with Crippen LogP contribution in [0.15, 0.2) is 63.4 Å². The van der Waals surface area contributed by atoms with Gasteiger partial charge in [-0.15, -0.1) is 5.10 Å². The molecule has 0 atom stereocenters. The molecule has 2 heterocycles. The van der Waals surface area contributed by atoms with E-state index >= 15 is 0 Å². The van der Waals surface area contributed by atoms with Crippen molar-refractivity contribution in [2.45, 2.75) is 10.2 Å². The highest BCUT2D eigenvalue weighted by atomic mass is 79.9. The van der Waals surface area contributed by atoms with Gasteiger partial charge in [-0.2, -0.15) is 4.68 Å². The average molecular weight is 403 g/mol. The van der Waals surface area contributed by atoms with Crippen LogP contribution in [0.5, 0.6) is 0 Å². The Hall–Kier alpha value is -2.39. The number of nitrogens with zero attached hydrogens (tertiary/aromatic N) is 6. The second-order valence-corrected chi connectivity index (χ2v) is 6.66. The third-order valence-corrected chi connectivity index (χ3v) is 4.75. The minimum absolute atomic E-state index is 0.341. The number of fused-ring (bicyclic) bond motifs is 1. The summed E-state index contributed by atoms with van der Waals surface area (Å²) < 4.78 is 16.1. The molecule has 2 aromatic heterocycles. The van der Waals surface area contributed by atoms with E-state index in [0.29, 0.717) is 21.1 Å². The molecular formula is C15H8BrFN6S. The van der Waals surface area contributed by atoms with E-state index in [1.165, 1.54) is 30.2 Å². The van der Waals surface area contributed by atoms with Crippen molar-refractivity contribution < 1.29 is 4.39 Å². The van der Waals surface area contributed by atoms with Gasteiger partial charge in [-0.05, 0) is 64.7 Å². The summed E-state index contributed by atoms with van der Waals surface area (Å²) in [4.78, 5) is 8.39. The van der Waals surface area contributed by atoms with Gasteiger partial charge in [0.1, 0.15) is 17.2 Å². The van der Waals surface area contributed by atoms with Crippen LogP contribution in [0.3, 0.4) is 0 Å². The SMILES string of the molecule is Fc1ccc2ncnc(Sc3nnnn3-c3ccc(Br)cc3)c2c1. The van der Waals surface area contributed by atoms with Gasteiger partial charge in [0.2, 0.25) is 5.16 Å². The van der Waals surface area contributed by atoms with Gasteiger partial charge < -0.3 is 0 Å². The topological polar surface area (TPSA) is 69.4 Å². The van der Waals surface area contributed by atoms with Crippen LogP contribution in [-0.4, -0.2) is 30.2 Å². The van der Waals surface area contributed by atoms with E-state index < -0.39 is 0 Å². The van der Waals surface area contributed by atoms with Crippen LogP contribution in [0.4, 0.5) is 4.39 Å². The van der Waals surface area contributed by atoms with Crippen molar-refractivity contribution in [3.8, 4) is 5.69 Å². The van der Waals surface area contributed by atoms with E-state index in [2.05, 4.69) is 41.4 Å². The molecule has 2 aromatic carbocycles. The van der Waals surface area contributed by atoms with Crippen LogP contribution in [-0.2, 0) is 0 Å². The number of benzene rings is 2. The maximum Gasteiger partial charge on any atom is 0.220 e. The first-order valence-electron chi connectivity index (χ1n) is 6.83. The van der Waals surface area contributed by atoms with Gasteiger partial charge >= 0.3 is 0 Å². The van der Waals surface area contributed by atoms with E-state index in [1.807, 2.05) is 24.3 Å². The Kier molecular flexibility index (Phi) is 3.95. The summed E-state index contributed by atoms with van der Waals surface area (Å²) in [6, 6.07) is 12.0. The summed E-state index contributed by atoms with van der Waals surface area (Å²) >= 11 is 4.65. The number of aromatic nitrogens is 6. The molecule has 0 N–H and O–H groups in total. The van der Waals surface area contributed by atoms with E-state index in [-0.39, 0.29) is 5.82 Å². The van der Waals surface area contributed by atoms with E-state index in [1.54, 1.807) is 10.7 Å². The second kappa shape index (κ2) is 6.25. The lowest BCUT2D eigenvalue weighted by molar-refractivity contribution is 0.629. The first-order chi connectivity index (χ1) is 11.7. The molecule has 6 nitrogen and oxygen atoms in total. The first-order valence-corrected chi connectivity index (χ1v) is 8.44. The highest BCUT2D eigenvalue weighted by Crippen LogP contribution is 2.30. The molecule has 0 amide bonds. The second-order valence-electron chi connectivity index (χ2n) is 4.79. The van der Waals surface area contributed by atoms with E-state index in [0.717, 1.165) is 10.2 Å². The lowest BCUT2D eigenvalue weighted by Gasteiger charge is -2.06. The fourth-order valence-corrected chi connectivity index (χ4v) is 3.28. The molecule has 0 spiro atoms. The minimum atomic E-state index is -0.341. The molecule has 0 unspecified atom stereocenters. The highest BCUT2D eigenvalue weighted by Gasteiger charge is 2.14. The predicted octanol–water partition coefficient (Wildman–Crippen LogP) is 3.66. The standard InChI is InChI=1S/C15H8BrFN6S/c16-9-1-4-11(5-2-9)23-15(20-21-22-23)24-14-12-7-10(17)3-6-13(12)18-8-19-14/h1-8H. The van der Waals surface area contributed by atoms with Gasteiger partial charge in [0.05, 0.1) is 11.2 Å². The van der Waals surface area contributed by atoms with Crippen LogP contribution in [0, 0.1) is 5.82 Å². The van der Waals surface area contributed by atoms with Crippen molar-refractivity contribution in [3.05, 3.63) is 59.1 Å². The van der Waals surface area contributed by atoms with Crippen molar-refractivity contribution in [1.29, 1.82) is 0 Å². The molecule has 0 bridgehead atoms. The molecule has 0 saturated heterocycles. The number of rotatable bonds is 3. The minimum Gasteiger partial charge on any atom is -0.236 e. The van der Waals surface area contributed by atoms with Crippen LogP contribution < -0.4 is 0 Å². The zero-order valence-electron chi connectivity index (χ0n) is 12.0. The molecule has 0 fully saturated rings. The largest absolute Gasteiger partial charge is 0.236 e. The van der Waals surface area contributed by atoms with Crippen molar-refractivity contribution in [2.75, 3.05) is 0 Å². The van der Waals surface area contributed by atoms with Gasteiger partial charge in [0, 0.05) is 9.86 Å². The van der Waals surface area contributed by atoms with Crippen LogP contribution in [0.1, 0.15) is 0 Å². The van der Waals surface area contributed by atoms with Gasteiger partial charge in [-0.1, -0.05) is 15.9 Å². The highest BCUT2D eigenvalue weighted by molar-refractivity contribution is 9.10. The molecule has 4 rings (SSSR count). The van der Waals surface area contributed by atoms with Gasteiger partial charge in [-0.25, -0.2) is 14.4 Å². The quantitative estimate of drug-likeness (QED) is 0.487. The number of halogens is 2. The van der Waals surface area contributed by atoms with Crippen molar-refractivity contribution >= 4 is 38.6 Å². The first kappa shape index (κ1) is 15.2. The summed E-state index contributed by atoms with van der Waals surface area (Å²) in [6.45, 7) is 0. The zero-order valence-corrected chi connectivity index (χ0v) is 14.4. The summed E-state index contributed by atoms with van der Waals surface area (Å²) in [5.41, 5.74) is 1.48. The fourth-order valence-electron chi connectivity index (χ4n) is 2.16. The molecule has 0 aliphatic heterocycles. The Morgan fingerprint density at radius 3 is 2.71 bits per heavy atom. The smallest absolute Gasteiger partial charge is 0.220 e. The van der Waals surface area contributed by atoms with Crippen molar-refractivity contribution in [1.82, 2.24) is 30.2 Å². The summed E-state index contributed by atoms with van der Waals surface area (Å²) in [5.74, 6) is -0.341. The predicted molar refractivity (Wildman–Crippen MR) is 90.5 cm³/mol. The van der Waals surface area contributed by atoms with Gasteiger partial charge in [-0.3, -0.25) is 0 Å². The van der Waals surface area contributed by atoms with Gasteiger partial charge in [0.25, 0.3) is 0 Å². The van der Waals surface area contributed by atoms with Crippen LogP contribution in [0.2, 0.25) is 0 Å². The molecule has 0 saturated carbocycles. The number of tetrazole rings is 1. The van der Waals surface area contributed by atoms with Crippen molar-refractivity contribution in [3.63, 3.8) is 0 Å².